The molecule has 1 aliphatic heterocycles. The lowest BCUT2D eigenvalue weighted by Crippen LogP contribution is -2.34. The summed E-state index contributed by atoms with van der Waals surface area (Å²) in [5.41, 5.74) is 1.25. The molecule has 2 rings (SSSR count). The Bertz CT molecular complexity index is 339. The molecule has 3 heteroatoms. The molecular weight excluding hydrogens is 222 g/mol. The average Bonchev–Trinajstić information content (AvgIpc) is 2.41. The van der Waals surface area contributed by atoms with Crippen LogP contribution in [0.4, 0.5) is 5.82 Å². The number of nitrogens with zero attached hydrogens (tertiary/aromatic N) is 2. The zero-order valence-corrected chi connectivity index (χ0v) is 11.7. The Morgan fingerprint density at radius 3 is 2.67 bits per heavy atom. The Hall–Kier alpha value is -1.09. The molecule has 3 nitrogen and oxygen atoms in total. The van der Waals surface area contributed by atoms with Crippen LogP contribution in [-0.4, -0.2) is 25.1 Å². The van der Waals surface area contributed by atoms with E-state index in [1.807, 2.05) is 13.2 Å². The van der Waals surface area contributed by atoms with E-state index >= 15 is 0 Å². The van der Waals surface area contributed by atoms with E-state index in [4.69, 9.17) is 0 Å². The quantitative estimate of drug-likeness (QED) is 0.867. The summed E-state index contributed by atoms with van der Waals surface area (Å²) in [4.78, 5) is 7.00. The summed E-state index contributed by atoms with van der Waals surface area (Å²) in [5.74, 6) is 2.08. The van der Waals surface area contributed by atoms with Crippen LogP contribution in [0.25, 0.3) is 0 Å². The summed E-state index contributed by atoms with van der Waals surface area (Å²) >= 11 is 0. The maximum absolute atomic E-state index is 4.58. The average molecular weight is 247 g/mol. The van der Waals surface area contributed by atoms with Crippen molar-refractivity contribution in [3.8, 4) is 0 Å². The van der Waals surface area contributed by atoms with Crippen molar-refractivity contribution in [1.82, 2.24) is 10.3 Å². The number of anilines is 1. The molecule has 0 bridgehead atoms. The Kier molecular flexibility index (Phi) is 5.00. The third-order valence-corrected chi connectivity index (χ3v) is 3.83. The lowest BCUT2D eigenvalue weighted by molar-refractivity contribution is 0.377. The minimum Gasteiger partial charge on any atom is -0.357 e. The van der Waals surface area contributed by atoms with Crippen molar-refractivity contribution in [2.24, 2.45) is 5.92 Å². The van der Waals surface area contributed by atoms with Crippen LogP contribution in [0.3, 0.4) is 0 Å². The summed E-state index contributed by atoms with van der Waals surface area (Å²) in [6.45, 7) is 5.52. The molecule has 18 heavy (non-hydrogen) atoms. The smallest absolute Gasteiger partial charge is 0.128 e. The van der Waals surface area contributed by atoms with Crippen molar-refractivity contribution >= 4 is 5.82 Å². The molecule has 0 radical (unpaired) electrons. The third-order valence-electron chi connectivity index (χ3n) is 3.83. The van der Waals surface area contributed by atoms with Crippen molar-refractivity contribution in [2.45, 2.75) is 39.2 Å². The fraction of sp³-hybridized carbons (Fsp3) is 0.667. The monoisotopic (exact) mass is 247 g/mol. The topological polar surface area (TPSA) is 28.2 Å². The highest BCUT2D eigenvalue weighted by atomic mass is 15.2. The minimum atomic E-state index is 0.895. The SMILES string of the molecule is CCCC1CCN(c2ccc(CNC)cn2)CC1. The number of hydrogen-bond acceptors (Lipinski definition) is 3. The summed E-state index contributed by atoms with van der Waals surface area (Å²) in [7, 11) is 1.96. The second-order valence-electron chi connectivity index (χ2n) is 5.27. The van der Waals surface area contributed by atoms with Gasteiger partial charge in [0.05, 0.1) is 0 Å². The first kappa shape index (κ1) is 13.3. The zero-order valence-electron chi connectivity index (χ0n) is 11.7. The predicted molar refractivity (Wildman–Crippen MR) is 76.8 cm³/mol. The van der Waals surface area contributed by atoms with Gasteiger partial charge < -0.3 is 10.2 Å². The molecule has 1 saturated heterocycles. The van der Waals surface area contributed by atoms with Gasteiger partial charge in [0.15, 0.2) is 0 Å². The van der Waals surface area contributed by atoms with Crippen molar-refractivity contribution in [1.29, 1.82) is 0 Å². The normalized spacial score (nSPS) is 17.1. The number of nitrogens with one attached hydrogen (secondary N) is 1. The van der Waals surface area contributed by atoms with Gasteiger partial charge in [-0.1, -0.05) is 25.8 Å². The van der Waals surface area contributed by atoms with Crippen molar-refractivity contribution in [3.05, 3.63) is 23.9 Å². The highest BCUT2D eigenvalue weighted by Gasteiger charge is 2.19. The van der Waals surface area contributed by atoms with Crippen LogP contribution in [0, 0.1) is 5.92 Å². The lowest BCUT2D eigenvalue weighted by Gasteiger charge is -2.32. The van der Waals surface area contributed by atoms with E-state index in [1.165, 1.54) is 44.3 Å². The van der Waals surface area contributed by atoms with Gasteiger partial charge in [-0.3, -0.25) is 0 Å². The first-order valence-electron chi connectivity index (χ1n) is 7.18. The number of rotatable bonds is 5. The molecule has 1 aromatic rings. The highest BCUT2D eigenvalue weighted by molar-refractivity contribution is 5.39. The molecule has 0 saturated carbocycles. The van der Waals surface area contributed by atoms with E-state index in [-0.39, 0.29) is 0 Å². The molecule has 1 fully saturated rings. The van der Waals surface area contributed by atoms with E-state index < -0.39 is 0 Å². The molecule has 0 amide bonds. The van der Waals surface area contributed by atoms with Gasteiger partial charge in [-0.2, -0.15) is 0 Å². The van der Waals surface area contributed by atoms with Gasteiger partial charge in [-0.05, 0) is 37.4 Å². The second-order valence-corrected chi connectivity index (χ2v) is 5.27. The first-order chi connectivity index (χ1) is 8.83. The van der Waals surface area contributed by atoms with Gasteiger partial charge in [-0.25, -0.2) is 4.98 Å². The number of piperidine rings is 1. The number of pyridine rings is 1. The molecule has 0 atom stereocenters. The fourth-order valence-corrected chi connectivity index (χ4v) is 2.77. The van der Waals surface area contributed by atoms with Gasteiger partial charge in [0.1, 0.15) is 5.82 Å². The summed E-state index contributed by atoms with van der Waals surface area (Å²) < 4.78 is 0. The van der Waals surface area contributed by atoms with Crippen LogP contribution in [0.1, 0.15) is 38.2 Å². The Morgan fingerprint density at radius 1 is 1.33 bits per heavy atom. The Morgan fingerprint density at radius 2 is 2.11 bits per heavy atom. The summed E-state index contributed by atoms with van der Waals surface area (Å²) in [6, 6.07) is 4.34. The lowest BCUT2D eigenvalue weighted by atomic mass is 9.92. The maximum Gasteiger partial charge on any atom is 0.128 e. The van der Waals surface area contributed by atoms with E-state index in [0.717, 1.165) is 18.3 Å². The van der Waals surface area contributed by atoms with Crippen LogP contribution in [-0.2, 0) is 6.54 Å². The van der Waals surface area contributed by atoms with Crippen molar-refractivity contribution in [2.75, 3.05) is 25.0 Å². The van der Waals surface area contributed by atoms with Crippen molar-refractivity contribution in [3.63, 3.8) is 0 Å². The predicted octanol–water partition coefficient (Wildman–Crippen LogP) is 2.82. The van der Waals surface area contributed by atoms with E-state index in [0.29, 0.717) is 0 Å². The molecule has 0 spiro atoms. The van der Waals surface area contributed by atoms with E-state index in [1.54, 1.807) is 0 Å². The molecule has 100 valence electrons. The molecular formula is C15H25N3. The standard InChI is InChI=1S/C15H25N3/c1-3-4-13-7-9-18(10-8-13)15-6-5-14(11-16-2)12-17-15/h5-6,12-13,16H,3-4,7-11H2,1-2H3. The third kappa shape index (κ3) is 3.45. The van der Waals surface area contributed by atoms with Crippen LogP contribution in [0.2, 0.25) is 0 Å². The van der Waals surface area contributed by atoms with Gasteiger partial charge in [0.2, 0.25) is 0 Å². The Balaban J connectivity index is 1.89. The van der Waals surface area contributed by atoms with Crippen LogP contribution < -0.4 is 10.2 Å². The molecule has 2 heterocycles. The van der Waals surface area contributed by atoms with E-state index in [2.05, 4.69) is 34.3 Å². The molecule has 1 N–H and O–H groups in total. The second kappa shape index (κ2) is 6.74. The van der Waals surface area contributed by atoms with Crippen LogP contribution in [0.15, 0.2) is 18.3 Å². The number of hydrogen-bond donors (Lipinski definition) is 1. The summed E-state index contributed by atoms with van der Waals surface area (Å²) in [5, 5.41) is 3.15. The molecule has 0 aromatic carbocycles. The largest absolute Gasteiger partial charge is 0.357 e. The first-order valence-corrected chi connectivity index (χ1v) is 7.18. The van der Waals surface area contributed by atoms with Crippen LogP contribution >= 0.6 is 0 Å². The fourth-order valence-electron chi connectivity index (χ4n) is 2.77. The van der Waals surface area contributed by atoms with Crippen molar-refractivity contribution < 1.29 is 0 Å². The van der Waals surface area contributed by atoms with Gasteiger partial charge in [0.25, 0.3) is 0 Å². The van der Waals surface area contributed by atoms with Gasteiger partial charge in [0, 0.05) is 25.8 Å². The van der Waals surface area contributed by atoms with Gasteiger partial charge >= 0.3 is 0 Å². The van der Waals surface area contributed by atoms with E-state index in [9.17, 15) is 0 Å². The zero-order chi connectivity index (χ0) is 12.8. The van der Waals surface area contributed by atoms with Crippen LogP contribution in [0.5, 0.6) is 0 Å². The maximum atomic E-state index is 4.58. The number of aromatic nitrogens is 1. The van der Waals surface area contributed by atoms with Gasteiger partial charge in [-0.15, -0.1) is 0 Å². The highest BCUT2D eigenvalue weighted by Crippen LogP contribution is 2.24. The molecule has 1 aromatic heterocycles. The summed E-state index contributed by atoms with van der Waals surface area (Å²) in [6.07, 6.45) is 7.36. The Labute approximate surface area is 111 Å². The molecule has 0 aliphatic carbocycles. The molecule has 1 aliphatic rings. The molecule has 0 unspecified atom stereocenters. The minimum absolute atomic E-state index is 0.895.